The van der Waals surface area contributed by atoms with E-state index >= 15 is 0 Å². The summed E-state index contributed by atoms with van der Waals surface area (Å²) in [7, 11) is 0. The molecule has 0 atom stereocenters. The van der Waals surface area contributed by atoms with Gasteiger partial charge in [-0.1, -0.05) is 54.2 Å². The molecule has 1 aliphatic heterocycles. The third kappa shape index (κ3) is 6.21. The Kier molecular flexibility index (Phi) is 7.35. The van der Waals surface area contributed by atoms with Gasteiger partial charge < -0.3 is 10.2 Å². The zero-order chi connectivity index (χ0) is 24.2. The van der Waals surface area contributed by atoms with Crippen molar-refractivity contribution in [1.82, 2.24) is 20.2 Å². The van der Waals surface area contributed by atoms with E-state index in [9.17, 15) is 4.79 Å². The van der Waals surface area contributed by atoms with Crippen LogP contribution in [0.2, 0.25) is 0 Å². The molecule has 1 aliphatic carbocycles. The molecule has 0 spiro atoms. The van der Waals surface area contributed by atoms with Crippen LogP contribution in [0.5, 0.6) is 0 Å². The lowest BCUT2D eigenvalue weighted by molar-refractivity contribution is 0.0951. The third-order valence-corrected chi connectivity index (χ3v) is 7.65. The molecular formula is C28H33N5OS. The molecule has 0 radical (unpaired) electrons. The van der Waals surface area contributed by atoms with E-state index in [4.69, 9.17) is 9.97 Å². The molecule has 5 rings (SSSR count). The van der Waals surface area contributed by atoms with Gasteiger partial charge in [-0.25, -0.2) is 9.97 Å². The molecule has 35 heavy (non-hydrogen) atoms. The van der Waals surface area contributed by atoms with Crippen LogP contribution in [0.3, 0.4) is 0 Å². The van der Waals surface area contributed by atoms with E-state index in [2.05, 4.69) is 65.4 Å². The molecule has 2 aromatic carbocycles. The fourth-order valence-corrected chi connectivity index (χ4v) is 5.19. The van der Waals surface area contributed by atoms with Crippen molar-refractivity contribution in [3.05, 3.63) is 82.5 Å². The van der Waals surface area contributed by atoms with Gasteiger partial charge in [0.05, 0.1) is 0 Å². The summed E-state index contributed by atoms with van der Waals surface area (Å²) in [5, 5.41) is 3.86. The van der Waals surface area contributed by atoms with Gasteiger partial charge in [0.2, 0.25) is 0 Å². The molecule has 7 heteroatoms. The molecule has 1 N–H and O–H groups in total. The number of carbonyl (C=O) groups excluding carboxylic acids is 1. The van der Waals surface area contributed by atoms with Crippen LogP contribution in [0.4, 0.5) is 5.82 Å². The highest BCUT2D eigenvalue weighted by atomic mass is 32.2. The minimum absolute atomic E-state index is 0.0236. The Morgan fingerprint density at radius 1 is 0.971 bits per heavy atom. The first-order valence-corrected chi connectivity index (χ1v) is 13.4. The van der Waals surface area contributed by atoms with E-state index in [1.807, 2.05) is 18.2 Å². The Hall–Kier alpha value is -2.90. The molecule has 1 saturated heterocycles. The maximum atomic E-state index is 12.4. The molecule has 0 unspecified atom stereocenters. The van der Waals surface area contributed by atoms with E-state index in [0.717, 1.165) is 84.7 Å². The molecule has 3 aromatic rings. The molecule has 2 fully saturated rings. The summed E-state index contributed by atoms with van der Waals surface area (Å²) in [6.45, 7) is 9.16. The van der Waals surface area contributed by atoms with Crippen LogP contribution in [-0.2, 0) is 12.3 Å². The highest BCUT2D eigenvalue weighted by Gasteiger charge is 2.24. The van der Waals surface area contributed by atoms with Crippen LogP contribution >= 0.6 is 11.8 Å². The van der Waals surface area contributed by atoms with Crippen LogP contribution in [-0.4, -0.2) is 53.0 Å². The van der Waals surface area contributed by atoms with Crippen molar-refractivity contribution in [3.63, 3.8) is 0 Å². The van der Waals surface area contributed by atoms with Crippen molar-refractivity contribution in [1.29, 1.82) is 0 Å². The monoisotopic (exact) mass is 487 g/mol. The Labute approximate surface area is 212 Å². The lowest BCUT2D eigenvalue weighted by atomic mass is 10.1. The van der Waals surface area contributed by atoms with Crippen LogP contribution in [0.15, 0.2) is 59.8 Å². The summed E-state index contributed by atoms with van der Waals surface area (Å²) in [5.74, 6) is 1.81. The fourth-order valence-electron chi connectivity index (χ4n) is 4.37. The van der Waals surface area contributed by atoms with Crippen LogP contribution < -0.4 is 10.2 Å². The molecule has 6 nitrogen and oxygen atoms in total. The van der Waals surface area contributed by atoms with E-state index < -0.39 is 0 Å². The normalized spacial score (nSPS) is 16.3. The Morgan fingerprint density at radius 3 is 2.46 bits per heavy atom. The van der Waals surface area contributed by atoms with Gasteiger partial charge in [-0.05, 0) is 49.9 Å². The van der Waals surface area contributed by atoms with Gasteiger partial charge in [-0.15, -0.1) is 0 Å². The average Bonchev–Trinajstić information content (AvgIpc) is 3.70. The number of nitrogens with zero attached hydrogens (tertiary/aromatic N) is 4. The third-order valence-electron chi connectivity index (χ3n) is 6.73. The van der Waals surface area contributed by atoms with Gasteiger partial charge >= 0.3 is 0 Å². The van der Waals surface area contributed by atoms with E-state index in [-0.39, 0.29) is 5.91 Å². The second-order valence-electron chi connectivity index (χ2n) is 9.53. The zero-order valence-corrected chi connectivity index (χ0v) is 21.4. The number of rotatable bonds is 8. The largest absolute Gasteiger partial charge is 0.354 e. The summed E-state index contributed by atoms with van der Waals surface area (Å²) in [5.41, 5.74) is 5.38. The number of aromatic nitrogens is 2. The van der Waals surface area contributed by atoms with Gasteiger partial charge in [0, 0.05) is 61.3 Å². The number of anilines is 1. The number of benzene rings is 2. The predicted octanol–water partition coefficient (Wildman–Crippen LogP) is 4.60. The lowest BCUT2D eigenvalue weighted by Crippen LogP contribution is -2.46. The number of amides is 1. The quantitative estimate of drug-likeness (QED) is 0.370. The first kappa shape index (κ1) is 23.8. The van der Waals surface area contributed by atoms with Gasteiger partial charge in [-0.3, -0.25) is 9.69 Å². The Bertz CT molecular complexity index is 1170. The molecule has 2 aliphatic rings. The number of aryl methyl sites for hydroxylation is 1. The van der Waals surface area contributed by atoms with Crippen molar-refractivity contribution in [2.45, 2.75) is 50.2 Å². The maximum absolute atomic E-state index is 12.4. The minimum Gasteiger partial charge on any atom is -0.354 e. The van der Waals surface area contributed by atoms with Crippen molar-refractivity contribution in [3.8, 4) is 0 Å². The second kappa shape index (κ2) is 10.8. The first-order valence-electron chi connectivity index (χ1n) is 12.4. The number of piperazine rings is 1. The van der Waals surface area contributed by atoms with Crippen molar-refractivity contribution < 1.29 is 4.79 Å². The number of nitrogens with one attached hydrogen (secondary N) is 1. The first-order chi connectivity index (χ1) is 17.0. The van der Waals surface area contributed by atoms with Crippen LogP contribution in [0.25, 0.3) is 0 Å². The van der Waals surface area contributed by atoms with E-state index in [0.29, 0.717) is 6.04 Å². The Balaban J connectivity index is 1.21. The summed E-state index contributed by atoms with van der Waals surface area (Å²) < 4.78 is 0. The summed E-state index contributed by atoms with van der Waals surface area (Å²) >= 11 is 1.63. The zero-order valence-electron chi connectivity index (χ0n) is 20.5. The highest BCUT2D eigenvalue weighted by Crippen LogP contribution is 2.27. The second-order valence-corrected chi connectivity index (χ2v) is 10.5. The predicted molar refractivity (Wildman–Crippen MR) is 142 cm³/mol. The summed E-state index contributed by atoms with van der Waals surface area (Å²) in [6, 6.07) is 18.9. The molecule has 182 valence electrons. The summed E-state index contributed by atoms with van der Waals surface area (Å²) in [4.78, 5) is 27.0. The molecule has 1 amide bonds. The number of carbonyl (C=O) groups is 1. The molecular weight excluding hydrogens is 454 g/mol. The van der Waals surface area contributed by atoms with Gasteiger partial charge in [-0.2, -0.15) is 0 Å². The summed E-state index contributed by atoms with van der Waals surface area (Å²) in [6.07, 6.45) is 2.19. The van der Waals surface area contributed by atoms with Crippen LogP contribution in [0.1, 0.15) is 45.6 Å². The lowest BCUT2D eigenvalue weighted by Gasteiger charge is -2.36. The molecule has 1 aromatic heterocycles. The number of hydrogen-bond acceptors (Lipinski definition) is 6. The van der Waals surface area contributed by atoms with E-state index in [1.165, 1.54) is 5.56 Å². The number of thioether (sulfide) groups is 1. The van der Waals surface area contributed by atoms with Gasteiger partial charge in [0.15, 0.2) is 5.16 Å². The topological polar surface area (TPSA) is 61.4 Å². The Morgan fingerprint density at radius 2 is 1.71 bits per heavy atom. The highest BCUT2D eigenvalue weighted by molar-refractivity contribution is 7.98. The van der Waals surface area contributed by atoms with E-state index in [1.54, 1.807) is 11.8 Å². The average molecular weight is 488 g/mol. The SMILES string of the molecule is Cc1nc(SCc2cccc(C(=O)NC3CC3)c2)nc(N2CCN(Cc3ccccc3)CC2)c1C. The number of hydrogen-bond donors (Lipinski definition) is 1. The van der Waals surface area contributed by atoms with Gasteiger partial charge in [0.1, 0.15) is 5.82 Å². The standard InChI is InChI=1S/C28H33N5OS/c1-20-21(2)29-28(35-19-23-9-6-10-24(17-23)27(34)30-25-11-12-25)31-26(20)33-15-13-32(14-16-33)18-22-7-4-3-5-8-22/h3-10,17,25H,11-16,18-19H2,1-2H3,(H,30,34). The minimum atomic E-state index is 0.0236. The molecule has 1 saturated carbocycles. The smallest absolute Gasteiger partial charge is 0.251 e. The van der Waals surface area contributed by atoms with Crippen molar-refractivity contribution in [2.75, 3.05) is 31.1 Å². The van der Waals surface area contributed by atoms with Gasteiger partial charge in [0.25, 0.3) is 5.91 Å². The molecule has 0 bridgehead atoms. The van der Waals surface area contributed by atoms with Crippen LogP contribution in [0, 0.1) is 13.8 Å². The van der Waals surface area contributed by atoms with Crippen molar-refractivity contribution >= 4 is 23.5 Å². The van der Waals surface area contributed by atoms with Crippen molar-refractivity contribution in [2.24, 2.45) is 0 Å². The fraction of sp³-hybridized carbons (Fsp3) is 0.393. The maximum Gasteiger partial charge on any atom is 0.251 e. The molecule has 2 heterocycles.